The highest BCUT2D eigenvalue weighted by atomic mass is 16.6. The van der Waals surface area contributed by atoms with Crippen LogP contribution in [-0.2, 0) is 38.6 Å². The molecule has 0 saturated carbocycles. The van der Waals surface area contributed by atoms with Gasteiger partial charge in [-0.2, -0.15) is 0 Å². The number of benzene rings is 3. The maximum atomic E-state index is 13.1. The van der Waals surface area contributed by atoms with Crippen molar-refractivity contribution in [2.75, 3.05) is 0 Å². The van der Waals surface area contributed by atoms with E-state index in [0.717, 1.165) is 22.2 Å². The zero-order valence-corrected chi connectivity index (χ0v) is 21.4. The largest absolute Gasteiger partial charge is 0.491 e. The Bertz CT molecular complexity index is 1220. The van der Waals surface area contributed by atoms with E-state index in [1.165, 1.54) is 0 Å². The lowest BCUT2D eigenvalue weighted by atomic mass is 9.80. The fraction of sp³-hybridized carbons (Fsp3) is 0.310. The molecule has 8 heteroatoms. The Labute approximate surface area is 217 Å². The number of nitrogens with one attached hydrogen (secondary N) is 1. The number of esters is 1. The van der Waals surface area contributed by atoms with Gasteiger partial charge in [0.15, 0.2) is 0 Å². The SMILES string of the molecule is CC(C)(C)OC(=O)CC(Cc1ccccc1)C(=O)NCc1ccc(Oc2ccc3c(c2)COB3O)cc1. The van der Waals surface area contributed by atoms with Gasteiger partial charge in [0.05, 0.1) is 18.9 Å². The molecule has 0 saturated heterocycles. The van der Waals surface area contributed by atoms with Crippen LogP contribution in [0, 0.1) is 5.92 Å². The minimum atomic E-state index is -0.880. The van der Waals surface area contributed by atoms with Crippen LogP contribution in [0.15, 0.2) is 72.8 Å². The third-order valence-corrected chi connectivity index (χ3v) is 5.93. The van der Waals surface area contributed by atoms with E-state index in [1.54, 1.807) is 12.1 Å². The predicted octanol–water partition coefficient (Wildman–Crippen LogP) is 3.90. The van der Waals surface area contributed by atoms with Gasteiger partial charge < -0.3 is 24.5 Å². The Hall–Kier alpha value is -3.62. The molecule has 1 amide bonds. The second-order valence-corrected chi connectivity index (χ2v) is 10.2. The van der Waals surface area contributed by atoms with Gasteiger partial charge in [-0.05, 0) is 73.6 Å². The molecule has 1 heterocycles. The molecule has 0 fully saturated rings. The summed E-state index contributed by atoms with van der Waals surface area (Å²) in [7, 11) is -0.880. The number of hydrogen-bond donors (Lipinski definition) is 2. The number of fused-ring (bicyclic) bond motifs is 1. The van der Waals surface area contributed by atoms with E-state index in [1.807, 2.05) is 81.4 Å². The van der Waals surface area contributed by atoms with Crippen LogP contribution < -0.4 is 15.5 Å². The molecule has 3 aromatic carbocycles. The minimum Gasteiger partial charge on any atom is -0.460 e. The molecule has 0 radical (unpaired) electrons. The molecule has 0 bridgehead atoms. The van der Waals surface area contributed by atoms with E-state index < -0.39 is 24.6 Å². The summed E-state index contributed by atoms with van der Waals surface area (Å²) < 4.78 is 16.6. The molecule has 37 heavy (non-hydrogen) atoms. The zero-order valence-electron chi connectivity index (χ0n) is 21.4. The molecular formula is C29H32BNO6. The van der Waals surface area contributed by atoms with Crippen LogP contribution in [0.1, 0.15) is 43.9 Å². The second-order valence-electron chi connectivity index (χ2n) is 10.2. The molecule has 2 N–H and O–H groups in total. The zero-order chi connectivity index (χ0) is 26.4. The Morgan fingerprint density at radius 1 is 1.00 bits per heavy atom. The van der Waals surface area contributed by atoms with E-state index in [2.05, 4.69) is 5.32 Å². The van der Waals surface area contributed by atoms with Gasteiger partial charge in [0.2, 0.25) is 5.91 Å². The third kappa shape index (κ3) is 7.68. The van der Waals surface area contributed by atoms with Gasteiger partial charge in [-0.1, -0.05) is 48.5 Å². The standard InChI is InChI=1S/C29H32BNO6/c1-29(2,3)37-27(32)17-22(15-20-7-5-4-6-8-20)28(33)31-18-21-9-11-24(12-10-21)36-25-13-14-26-23(16-25)19-35-30(26)34/h4-14,16,22,34H,15,17-19H2,1-3H3,(H,31,33). The highest BCUT2D eigenvalue weighted by Crippen LogP contribution is 2.24. The molecule has 0 aliphatic carbocycles. The highest BCUT2D eigenvalue weighted by Gasteiger charge is 2.27. The van der Waals surface area contributed by atoms with Crippen molar-refractivity contribution >= 4 is 24.5 Å². The van der Waals surface area contributed by atoms with E-state index in [4.69, 9.17) is 14.1 Å². The first kappa shape index (κ1) is 26.4. The molecule has 0 spiro atoms. The number of amides is 1. The molecule has 1 aliphatic rings. The summed E-state index contributed by atoms with van der Waals surface area (Å²) >= 11 is 0. The average Bonchev–Trinajstić information content (AvgIpc) is 3.22. The molecule has 1 atom stereocenters. The number of rotatable bonds is 9. The maximum absolute atomic E-state index is 13.1. The van der Waals surface area contributed by atoms with Crippen molar-refractivity contribution in [1.29, 1.82) is 0 Å². The van der Waals surface area contributed by atoms with Crippen LogP contribution in [0.2, 0.25) is 0 Å². The van der Waals surface area contributed by atoms with Crippen molar-refractivity contribution in [3.8, 4) is 11.5 Å². The summed E-state index contributed by atoms with van der Waals surface area (Å²) in [6.45, 7) is 6.12. The number of carbonyl (C=O) groups excluding carboxylic acids is 2. The Morgan fingerprint density at radius 3 is 2.41 bits per heavy atom. The smallest absolute Gasteiger partial charge is 0.460 e. The summed E-state index contributed by atoms with van der Waals surface area (Å²) in [6, 6.07) is 22.5. The molecule has 192 valence electrons. The lowest BCUT2D eigenvalue weighted by molar-refractivity contribution is -0.157. The monoisotopic (exact) mass is 501 g/mol. The number of ether oxygens (including phenoxy) is 2. The van der Waals surface area contributed by atoms with Crippen molar-refractivity contribution in [2.24, 2.45) is 5.92 Å². The van der Waals surface area contributed by atoms with Gasteiger partial charge in [-0.15, -0.1) is 0 Å². The van der Waals surface area contributed by atoms with Gasteiger partial charge >= 0.3 is 13.1 Å². The van der Waals surface area contributed by atoms with Crippen molar-refractivity contribution < 1.29 is 28.7 Å². The fourth-order valence-corrected chi connectivity index (χ4v) is 4.16. The lowest BCUT2D eigenvalue weighted by Crippen LogP contribution is -2.34. The number of carbonyl (C=O) groups is 2. The topological polar surface area (TPSA) is 94.1 Å². The van der Waals surface area contributed by atoms with Crippen LogP contribution in [0.3, 0.4) is 0 Å². The average molecular weight is 501 g/mol. The Kier molecular flexibility index (Phi) is 8.31. The molecule has 1 aliphatic heterocycles. The first-order chi connectivity index (χ1) is 17.7. The van der Waals surface area contributed by atoms with Gasteiger partial charge in [0.1, 0.15) is 17.1 Å². The molecule has 7 nitrogen and oxygen atoms in total. The van der Waals surface area contributed by atoms with Crippen molar-refractivity contribution in [3.05, 3.63) is 89.5 Å². The van der Waals surface area contributed by atoms with Gasteiger partial charge in [0.25, 0.3) is 0 Å². The van der Waals surface area contributed by atoms with E-state index in [9.17, 15) is 14.6 Å². The fourth-order valence-electron chi connectivity index (χ4n) is 4.16. The normalized spacial score (nSPS) is 13.6. The van der Waals surface area contributed by atoms with Crippen molar-refractivity contribution in [3.63, 3.8) is 0 Å². The quantitative estimate of drug-likeness (QED) is 0.341. The predicted molar refractivity (Wildman–Crippen MR) is 141 cm³/mol. The van der Waals surface area contributed by atoms with Crippen LogP contribution in [-0.4, -0.2) is 29.6 Å². The summed E-state index contributed by atoms with van der Waals surface area (Å²) in [4.78, 5) is 25.5. The summed E-state index contributed by atoms with van der Waals surface area (Å²) in [5.74, 6) is 0.183. The summed E-state index contributed by atoms with van der Waals surface area (Å²) in [6.07, 6.45) is 0.454. The molecular weight excluding hydrogens is 469 g/mol. The van der Waals surface area contributed by atoms with E-state index in [-0.39, 0.29) is 12.3 Å². The van der Waals surface area contributed by atoms with Crippen molar-refractivity contribution in [1.82, 2.24) is 5.32 Å². The Morgan fingerprint density at radius 2 is 1.70 bits per heavy atom. The Balaban J connectivity index is 1.35. The first-order valence-electron chi connectivity index (χ1n) is 12.4. The van der Waals surface area contributed by atoms with Crippen molar-refractivity contribution in [2.45, 2.75) is 52.4 Å². The van der Waals surface area contributed by atoms with Gasteiger partial charge in [-0.25, -0.2) is 0 Å². The van der Waals surface area contributed by atoms with Gasteiger partial charge in [0, 0.05) is 6.54 Å². The molecule has 4 rings (SSSR count). The molecule has 0 aromatic heterocycles. The molecule has 1 unspecified atom stereocenters. The second kappa shape index (κ2) is 11.6. The summed E-state index contributed by atoms with van der Waals surface area (Å²) in [5, 5.41) is 12.7. The van der Waals surface area contributed by atoms with Crippen LogP contribution >= 0.6 is 0 Å². The third-order valence-electron chi connectivity index (χ3n) is 5.93. The number of hydrogen-bond acceptors (Lipinski definition) is 6. The van der Waals surface area contributed by atoms with Crippen LogP contribution in [0.4, 0.5) is 0 Å². The first-order valence-corrected chi connectivity index (χ1v) is 12.4. The summed E-state index contributed by atoms with van der Waals surface area (Å²) in [5.41, 5.74) is 2.95. The highest BCUT2D eigenvalue weighted by molar-refractivity contribution is 6.61. The minimum absolute atomic E-state index is 0.00756. The van der Waals surface area contributed by atoms with E-state index in [0.29, 0.717) is 31.1 Å². The van der Waals surface area contributed by atoms with E-state index >= 15 is 0 Å². The molecule has 3 aromatic rings. The van der Waals surface area contributed by atoms with Crippen LogP contribution in [0.25, 0.3) is 0 Å². The maximum Gasteiger partial charge on any atom is 0.491 e. The van der Waals surface area contributed by atoms with Crippen LogP contribution in [0.5, 0.6) is 11.5 Å². The van der Waals surface area contributed by atoms with Gasteiger partial charge in [-0.3, -0.25) is 9.59 Å². The lowest BCUT2D eigenvalue weighted by Gasteiger charge is -2.22.